The van der Waals surface area contributed by atoms with Gasteiger partial charge in [-0.05, 0) is 20.8 Å². The number of aromatic nitrogens is 2. The SMILES string of the molecule is Cc1nnc(N(C)C(C)(C)C(=O)O)s1. The highest BCUT2D eigenvalue weighted by Gasteiger charge is 2.33. The van der Waals surface area contributed by atoms with Crippen LogP contribution in [0.2, 0.25) is 0 Å². The van der Waals surface area contributed by atoms with Crippen molar-refractivity contribution in [1.82, 2.24) is 10.2 Å². The van der Waals surface area contributed by atoms with Crippen LogP contribution in [0.1, 0.15) is 18.9 Å². The summed E-state index contributed by atoms with van der Waals surface area (Å²) in [7, 11) is 1.70. The van der Waals surface area contributed by atoms with Crippen LogP contribution in [0.15, 0.2) is 0 Å². The lowest BCUT2D eigenvalue weighted by molar-refractivity contribution is -0.142. The molecule has 1 aromatic heterocycles. The first-order valence-electron chi connectivity index (χ1n) is 4.13. The number of carbonyl (C=O) groups is 1. The molecule has 5 nitrogen and oxygen atoms in total. The lowest BCUT2D eigenvalue weighted by atomic mass is 10.1. The summed E-state index contributed by atoms with van der Waals surface area (Å²) in [5.74, 6) is -0.882. The molecule has 78 valence electrons. The molecule has 0 aliphatic rings. The maximum atomic E-state index is 11.0. The van der Waals surface area contributed by atoms with Gasteiger partial charge in [0.2, 0.25) is 5.13 Å². The van der Waals surface area contributed by atoms with E-state index in [-0.39, 0.29) is 0 Å². The standard InChI is InChI=1S/C8H13N3O2S/c1-5-9-10-7(14-5)11(4)8(2,3)6(12)13/h1-4H3,(H,12,13). The Kier molecular flexibility index (Phi) is 2.75. The maximum absolute atomic E-state index is 11.0. The molecule has 1 rings (SSSR count). The molecule has 0 saturated carbocycles. The van der Waals surface area contributed by atoms with Crippen LogP contribution in [-0.4, -0.2) is 33.9 Å². The summed E-state index contributed by atoms with van der Waals surface area (Å²) in [6, 6.07) is 0. The Morgan fingerprint density at radius 3 is 2.43 bits per heavy atom. The molecule has 0 aromatic carbocycles. The number of aliphatic carboxylic acids is 1. The van der Waals surface area contributed by atoms with Crippen LogP contribution in [0.25, 0.3) is 0 Å². The molecule has 0 aliphatic carbocycles. The zero-order valence-corrected chi connectivity index (χ0v) is 9.42. The van der Waals surface area contributed by atoms with E-state index in [0.717, 1.165) is 5.01 Å². The van der Waals surface area contributed by atoms with E-state index < -0.39 is 11.5 Å². The second kappa shape index (κ2) is 3.53. The Bertz CT molecular complexity index is 348. The van der Waals surface area contributed by atoms with E-state index in [9.17, 15) is 4.79 Å². The van der Waals surface area contributed by atoms with Crippen LogP contribution in [0.5, 0.6) is 0 Å². The number of aryl methyl sites for hydroxylation is 1. The molecule has 0 radical (unpaired) electrons. The molecule has 1 aromatic rings. The number of likely N-dealkylation sites (N-methyl/N-ethyl adjacent to an activating group) is 1. The van der Waals surface area contributed by atoms with Crippen molar-refractivity contribution in [2.24, 2.45) is 0 Å². The Morgan fingerprint density at radius 1 is 1.50 bits per heavy atom. The van der Waals surface area contributed by atoms with E-state index in [1.165, 1.54) is 11.3 Å². The van der Waals surface area contributed by atoms with Gasteiger partial charge in [0.1, 0.15) is 10.5 Å². The quantitative estimate of drug-likeness (QED) is 0.819. The van der Waals surface area contributed by atoms with Crippen LogP contribution in [0, 0.1) is 6.92 Å². The first kappa shape index (κ1) is 10.9. The summed E-state index contributed by atoms with van der Waals surface area (Å²) in [6.45, 7) is 5.10. The summed E-state index contributed by atoms with van der Waals surface area (Å²) in [5, 5.41) is 18.2. The predicted octanol–water partition coefficient (Wildman–Crippen LogP) is 1.15. The lowest BCUT2D eigenvalue weighted by Gasteiger charge is -2.30. The average Bonchev–Trinajstić information content (AvgIpc) is 2.50. The van der Waals surface area contributed by atoms with Crippen molar-refractivity contribution in [3.05, 3.63) is 5.01 Å². The van der Waals surface area contributed by atoms with E-state index >= 15 is 0 Å². The number of hydrogen-bond donors (Lipinski definition) is 1. The van der Waals surface area contributed by atoms with Gasteiger partial charge >= 0.3 is 5.97 Å². The molecule has 0 atom stereocenters. The average molecular weight is 215 g/mol. The summed E-state index contributed by atoms with van der Waals surface area (Å²) < 4.78 is 0. The van der Waals surface area contributed by atoms with Crippen LogP contribution in [0.4, 0.5) is 5.13 Å². The van der Waals surface area contributed by atoms with Gasteiger partial charge in [-0.25, -0.2) is 4.79 Å². The van der Waals surface area contributed by atoms with Crippen molar-refractivity contribution in [3.63, 3.8) is 0 Å². The fourth-order valence-corrected chi connectivity index (χ4v) is 1.60. The second-order valence-electron chi connectivity index (χ2n) is 3.53. The highest BCUT2D eigenvalue weighted by atomic mass is 32.1. The van der Waals surface area contributed by atoms with Gasteiger partial charge in [-0.1, -0.05) is 11.3 Å². The topological polar surface area (TPSA) is 66.3 Å². The van der Waals surface area contributed by atoms with Gasteiger partial charge < -0.3 is 10.0 Å². The van der Waals surface area contributed by atoms with E-state index in [4.69, 9.17) is 5.11 Å². The molecule has 0 bridgehead atoms. The van der Waals surface area contributed by atoms with Gasteiger partial charge in [-0.3, -0.25) is 0 Å². The normalized spacial score (nSPS) is 11.4. The Morgan fingerprint density at radius 2 is 2.07 bits per heavy atom. The minimum absolute atomic E-state index is 0.620. The first-order valence-corrected chi connectivity index (χ1v) is 4.94. The number of nitrogens with zero attached hydrogens (tertiary/aromatic N) is 3. The molecular formula is C8H13N3O2S. The highest BCUT2D eigenvalue weighted by Crippen LogP contribution is 2.25. The summed E-state index contributed by atoms with van der Waals surface area (Å²) >= 11 is 1.38. The van der Waals surface area contributed by atoms with Gasteiger partial charge in [0, 0.05) is 7.05 Å². The molecule has 1 N–H and O–H groups in total. The van der Waals surface area contributed by atoms with Crippen LogP contribution in [-0.2, 0) is 4.79 Å². The zero-order valence-electron chi connectivity index (χ0n) is 8.61. The Labute approximate surface area is 86.4 Å². The summed E-state index contributed by atoms with van der Waals surface area (Å²) in [5.41, 5.74) is -0.966. The monoisotopic (exact) mass is 215 g/mol. The molecule has 0 fully saturated rings. The van der Waals surface area contributed by atoms with Crippen molar-refractivity contribution in [3.8, 4) is 0 Å². The van der Waals surface area contributed by atoms with E-state index in [1.54, 1.807) is 25.8 Å². The molecule has 6 heteroatoms. The van der Waals surface area contributed by atoms with Crippen LogP contribution >= 0.6 is 11.3 Å². The van der Waals surface area contributed by atoms with Crippen LogP contribution < -0.4 is 4.90 Å². The second-order valence-corrected chi connectivity index (χ2v) is 4.69. The van der Waals surface area contributed by atoms with E-state index in [0.29, 0.717) is 5.13 Å². The third-order valence-electron chi connectivity index (χ3n) is 2.16. The predicted molar refractivity (Wildman–Crippen MR) is 54.8 cm³/mol. The third kappa shape index (κ3) is 1.84. The van der Waals surface area contributed by atoms with Gasteiger partial charge in [0.05, 0.1) is 0 Å². The number of anilines is 1. The van der Waals surface area contributed by atoms with E-state index in [1.807, 2.05) is 6.92 Å². The zero-order chi connectivity index (χ0) is 10.9. The maximum Gasteiger partial charge on any atom is 0.329 e. The molecule has 14 heavy (non-hydrogen) atoms. The largest absolute Gasteiger partial charge is 0.480 e. The van der Waals surface area contributed by atoms with Crippen LogP contribution in [0.3, 0.4) is 0 Å². The van der Waals surface area contributed by atoms with Crippen molar-refractivity contribution in [2.75, 3.05) is 11.9 Å². The first-order chi connectivity index (χ1) is 6.35. The molecule has 0 amide bonds. The molecular weight excluding hydrogens is 202 g/mol. The summed E-state index contributed by atoms with van der Waals surface area (Å²) in [6.07, 6.45) is 0. The minimum Gasteiger partial charge on any atom is -0.480 e. The fourth-order valence-electron chi connectivity index (χ4n) is 0.804. The van der Waals surface area contributed by atoms with Crippen molar-refractivity contribution in [1.29, 1.82) is 0 Å². The van der Waals surface area contributed by atoms with Gasteiger partial charge in [-0.2, -0.15) is 0 Å². The summed E-state index contributed by atoms with van der Waals surface area (Å²) in [4.78, 5) is 12.6. The van der Waals surface area contributed by atoms with Crippen molar-refractivity contribution in [2.45, 2.75) is 26.3 Å². The number of rotatable bonds is 3. The van der Waals surface area contributed by atoms with Gasteiger partial charge in [-0.15, -0.1) is 10.2 Å². The molecule has 0 saturated heterocycles. The number of hydrogen-bond acceptors (Lipinski definition) is 5. The number of carboxylic acid groups (broad SMARTS) is 1. The molecule has 1 heterocycles. The van der Waals surface area contributed by atoms with Crippen molar-refractivity contribution >= 4 is 22.4 Å². The van der Waals surface area contributed by atoms with Gasteiger partial charge in [0.25, 0.3) is 0 Å². The Balaban J connectivity index is 2.95. The smallest absolute Gasteiger partial charge is 0.329 e. The van der Waals surface area contributed by atoms with E-state index in [2.05, 4.69) is 10.2 Å². The highest BCUT2D eigenvalue weighted by molar-refractivity contribution is 7.15. The van der Waals surface area contributed by atoms with Crippen molar-refractivity contribution < 1.29 is 9.90 Å². The lowest BCUT2D eigenvalue weighted by Crippen LogP contribution is -2.48. The third-order valence-corrected chi connectivity index (χ3v) is 3.08. The Hall–Kier alpha value is -1.17. The molecule has 0 unspecified atom stereocenters. The molecule has 0 aliphatic heterocycles. The fraction of sp³-hybridized carbons (Fsp3) is 0.625. The van der Waals surface area contributed by atoms with Gasteiger partial charge in [0.15, 0.2) is 0 Å². The minimum atomic E-state index is -0.966. The molecule has 0 spiro atoms. The number of carboxylic acids is 1.